The smallest absolute Gasteiger partial charge is 0.279 e. The lowest BCUT2D eigenvalue weighted by atomic mass is 10.2. The average Bonchev–Trinajstić information content (AvgIpc) is 2.64. The molecule has 0 bridgehead atoms. The SMILES string of the molecule is CCOc1ccc(OC(C)C(=O)NNC(=O)c2cc(F)c(F)cc2Cl)cc1. The third-order valence-corrected chi connectivity index (χ3v) is 3.68. The van der Waals surface area contributed by atoms with Crippen LogP contribution in [0.15, 0.2) is 36.4 Å². The quantitative estimate of drug-likeness (QED) is 0.578. The van der Waals surface area contributed by atoms with Gasteiger partial charge in [-0.15, -0.1) is 0 Å². The largest absolute Gasteiger partial charge is 0.494 e. The summed E-state index contributed by atoms with van der Waals surface area (Å²) in [5, 5.41) is -0.292. The van der Waals surface area contributed by atoms with Gasteiger partial charge in [0.2, 0.25) is 0 Å². The Hall–Kier alpha value is -2.87. The Kier molecular flexibility index (Phi) is 6.95. The molecule has 2 aromatic carbocycles. The third-order valence-electron chi connectivity index (χ3n) is 3.37. The van der Waals surface area contributed by atoms with Gasteiger partial charge < -0.3 is 9.47 Å². The van der Waals surface area contributed by atoms with Crippen LogP contribution in [0.1, 0.15) is 24.2 Å². The number of nitrogens with one attached hydrogen (secondary N) is 2. The van der Waals surface area contributed by atoms with Crippen LogP contribution in [0.3, 0.4) is 0 Å². The van der Waals surface area contributed by atoms with Gasteiger partial charge in [-0.3, -0.25) is 20.4 Å². The van der Waals surface area contributed by atoms with Crippen LogP contribution >= 0.6 is 11.6 Å². The van der Waals surface area contributed by atoms with E-state index in [1.165, 1.54) is 6.92 Å². The third kappa shape index (κ3) is 5.55. The number of halogens is 3. The van der Waals surface area contributed by atoms with Gasteiger partial charge in [0.25, 0.3) is 11.8 Å². The van der Waals surface area contributed by atoms with Crippen LogP contribution in [0.2, 0.25) is 5.02 Å². The van der Waals surface area contributed by atoms with Crippen LogP contribution in [-0.2, 0) is 4.79 Å². The number of carbonyl (C=O) groups excluding carboxylic acids is 2. The molecule has 0 fully saturated rings. The minimum absolute atomic E-state index is 0.292. The van der Waals surface area contributed by atoms with Crippen molar-refractivity contribution in [1.29, 1.82) is 0 Å². The lowest BCUT2D eigenvalue weighted by molar-refractivity contribution is -0.128. The van der Waals surface area contributed by atoms with Crippen LogP contribution in [0.25, 0.3) is 0 Å². The number of ether oxygens (including phenoxy) is 2. The fraction of sp³-hybridized carbons (Fsp3) is 0.222. The van der Waals surface area contributed by atoms with Crippen molar-refractivity contribution in [3.05, 3.63) is 58.6 Å². The normalized spacial score (nSPS) is 11.4. The van der Waals surface area contributed by atoms with Gasteiger partial charge in [0, 0.05) is 0 Å². The molecule has 0 aliphatic carbocycles. The summed E-state index contributed by atoms with van der Waals surface area (Å²) in [6.45, 7) is 3.86. The molecule has 1 unspecified atom stereocenters. The Morgan fingerprint density at radius 3 is 2.30 bits per heavy atom. The minimum atomic E-state index is -1.23. The molecule has 2 N–H and O–H groups in total. The number of hydrogen-bond donors (Lipinski definition) is 2. The number of rotatable bonds is 6. The Balaban J connectivity index is 1.90. The van der Waals surface area contributed by atoms with Crippen molar-refractivity contribution < 1.29 is 27.8 Å². The highest BCUT2D eigenvalue weighted by atomic mass is 35.5. The molecule has 1 atom stereocenters. The number of hydrazine groups is 1. The van der Waals surface area contributed by atoms with Gasteiger partial charge in [-0.25, -0.2) is 8.78 Å². The molecule has 2 amide bonds. The van der Waals surface area contributed by atoms with Gasteiger partial charge in [-0.05, 0) is 50.2 Å². The first-order chi connectivity index (χ1) is 12.8. The van der Waals surface area contributed by atoms with Gasteiger partial charge in [0.05, 0.1) is 17.2 Å². The molecule has 144 valence electrons. The molecular formula is C18H17ClF2N2O4. The van der Waals surface area contributed by atoms with Gasteiger partial charge in [0.1, 0.15) is 11.5 Å². The highest BCUT2D eigenvalue weighted by molar-refractivity contribution is 6.33. The molecule has 0 aromatic heterocycles. The monoisotopic (exact) mass is 398 g/mol. The van der Waals surface area contributed by atoms with Crippen LogP contribution < -0.4 is 20.3 Å². The number of hydrogen-bond acceptors (Lipinski definition) is 4. The summed E-state index contributed by atoms with van der Waals surface area (Å²) < 4.78 is 37.0. The molecule has 27 heavy (non-hydrogen) atoms. The Bertz CT molecular complexity index is 831. The predicted molar refractivity (Wildman–Crippen MR) is 94.7 cm³/mol. The molecule has 2 rings (SSSR count). The van der Waals surface area contributed by atoms with Crippen molar-refractivity contribution in [3.63, 3.8) is 0 Å². The van der Waals surface area contributed by atoms with E-state index in [0.717, 1.165) is 0 Å². The maximum Gasteiger partial charge on any atom is 0.279 e. The van der Waals surface area contributed by atoms with Crippen LogP contribution in [0.5, 0.6) is 11.5 Å². The van der Waals surface area contributed by atoms with E-state index in [-0.39, 0.29) is 10.6 Å². The van der Waals surface area contributed by atoms with E-state index in [1.54, 1.807) is 24.3 Å². The van der Waals surface area contributed by atoms with Crippen molar-refractivity contribution in [2.75, 3.05) is 6.61 Å². The van der Waals surface area contributed by atoms with Gasteiger partial charge >= 0.3 is 0 Å². The molecule has 0 aliphatic heterocycles. The zero-order valence-electron chi connectivity index (χ0n) is 14.5. The lowest BCUT2D eigenvalue weighted by Crippen LogP contribution is -2.47. The molecule has 0 heterocycles. The Morgan fingerprint density at radius 2 is 1.67 bits per heavy atom. The van der Waals surface area contributed by atoms with Gasteiger partial charge in [-0.1, -0.05) is 11.6 Å². The molecule has 0 aliphatic rings. The van der Waals surface area contributed by atoms with E-state index in [2.05, 4.69) is 10.9 Å². The summed E-state index contributed by atoms with van der Waals surface area (Å²) in [6.07, 6.45) is -0.941. The van der Waals surface area contributed by atoms with E-state index in [9.17, 15) is 18.4 Å². The number of carbonyl (C=O) groups is 2. The number of benzene rings is 2. The Labute approximate surface area is 159 Å². The second-order valence-electron chi connectivity index (χ2n) is 5.35. The average molecular weight is 399 g/mol. The van der Waals surface area contributed by atoms with E-state index in [0.29, 0.717) is 30.2 Å². The first-order valence-corrected chi connectivity index (χ1v) is 8.33. The van der Waals surface area contributed by atoms with Gasteiger partial charge in [0.15, 0.2) is 17.7 Å². The second-order valence-corrected chi connectivity index (χ2v) is 5.76. The van der Waals surface area contributed by atoms with Crippen molar-refractivity contribution >= 4 is 23.4 Å². The molecule has 0 saturated carbocycles. The van der Waals surface area contributed by atoms with Crippen LogP contribution in [-0.4, -0.2) is 24.5 Å². The molecular weight excluding hydrogens is 382 g/mol. The van der Waals surface area contributed by atoms with Crippen molar-refractivity contribution in [2.24, 2.45) is 0 Å². The summed E-state index contributed by atoms with van der Waals surface area (Å²) >= 11 is 5.70. The van der Waals surface area contributed by atoms with Crippen LogP contribution in [0, 0.1) is 11.6 Å². The van der Waals surface area contributed by atoms with E-state index in [4.69, 9.17) is 21.1 Å². The van der Waals surface area contributed by atoms with E-state index < -0.39 is 29.6 Å². The summed E-state index contributed by atoms with van der Waals surface area (Å²) in [5.41, 5.74) is 3.87. The van der Waals surface area contributed by atoms with Crippen molar-refractivity contribution in [1.82, 2.24) is 10.9 Å². The predicted octanol–water partition coefficient (Wildman–Crippen LogP) is 3.25. The van der Waals surface area contributed by atoms with E-state index >= 15 is 0 Å². The number of amides is 2. The second kappa shape index (κ2) is 9.18. The fourth-order valence-corrected chi connectivity index (χ4v) is 2.26. The highest BCUT2D eigenvalue weighted by Gasteiger charge is 2.18. The molecule has 0 saturated heterocycles. The van der Waals surface area contributed by atoms with E-state index in [1.807, 2.05) is 6.92 Å². The first kappa shape index (κ1) is 20.4. The lowest BCUT2D eigenvalue weighted by Gasteiger charge is -2.15. The zero-order chi connectivity index (χ0) is 20.0. The fourth-order valence-electron chi connectivity index (χ4n) is 2.02. The van der Waals surface area contributed by atoms with Gasteiger partial charge in [-0.2, -0.15) is 0 Å². The maximum atomic E-state index is 13.2. The first-order valence-electron chi connectivity index (χ1n) is 7.96. The molecule has 6 nitrogen and oxygen atoms in total. The molecule has 2 aromatic rings. The highest BCUT2D eigenvalue weighted by Crippen LogP contribution is 2.20. The summed E-state index contributed by atoms with van der Waals surface area (Å²) in [7, 11) is 0. The van der Waals surface area contributed by atoms with Crippen LogP contribution in [0.4, 0.5) is 8.78 Å². The summed E-state index contributed by atoms with van der Waals surface area (Å²) in [4.78, 5) is 24.0. The Morgan fingerprint density at radius 1 is 1.07 bits per heavy atom. The molecule has 9 heteroatoms. The van der Waals surface area contributed by atoms with Crippen molar-refractivity contribution in [3.8, 4) is 11.5 Å². The van der Waals surface area contributed by atoms with Crippen molar-refractivity contribution in [2.45, 2.75) is 20.0 Å². The maximum absolute atomic E-state index is 13.2. The summed E-state index contributed by atoms with van der Waals surface area (Å²) in [6, 6.07) is 7.96. The topological polar surface area (TPSA) is 76.7 Å². The zero-order valence-corrected chi connectivity index (χ0v) is 15.3. The standard InChI is InChI=1S/C18H17ClF2N2O4/c1-3-26-11-4-6-12(7-5-11)27-10(2)17(24)22-23-18(25)13-8-15(20)16(21)9-14(13)19/h4-10H,3H2,1-2H3,(H,22,24)(H,23,25). The molecule has 0 radical (unpaired) electrons. The minimum Gasteiger partial charge on any atom is -0.494 e. The molecule has 0 spiro atoms. The summed E-state index contributed by atoms with van der Waals surface area (Å²) in [5.74, 6) is -2.88.